The number of hydrogen-bond acceptors (Lipinski definition) is 13. The normalized spacial score (nSPS) is 31.6. The number of aromatic nitrogens is 4. The molecule has 3 saturated heterocycles. The van der Waals surface area contributed by atoms with E-state index in [1.165, 1.54) is 10.9 Å². The Hall–Kier alpha value is -3.43. The number of carbonyl (C=O) groups is 1. The van der Waals surface area contributed by atoms with Crippen molar-refractivity contribution >= 4 is 31.1 Å². The summed E-state index contributed by atoms with van der Waals surface area (Å²) in [4.78, 5) is 24.8. The first-order valence-electron chi connectivity index (χ1n) is 12.3. The van der Waals surface area contributed by atoms with E-state index in [1.807, 2.05) is 0 Å². The molecule has 2 aromatic heterocycles. The van der Waals surface area contributed by atoms with Gasteiger partial charge in [0.15, 0.2) is 29.1 Å². The molecule has 0 radical (unpaired) electrons. The highest BCUT2D eigenvalue weighted by Gasteiger charge is 2.64. The van der Waals surface area contributed by atoms with Crippen molar-refractivity contribution in [3.05, 3.63) is 41.7 Å². The molecule has 0 unspecified atom stereocenters. The van der Waals surface area contributed by atoms with Crippen LogP contribution in [0, 0.1) is 11.6 Å². The number of phosphoric ester groups is 1. The number of rotatable bonds is 7. The van der Waals surface area contributed by atoms with Crippen LogP contribution in [-0.2, 0) is 32.3 Å². The monoisotopic (exact) mass is 583 g/mol. The summed E-state index contributed by atoms with van der Waals surface area (Å²) in [6, 6.07) is 2.88. The van der Waals surface area contributed by atoms with Gasteiger partial charge in [-0.15, -0.1) is 0 Å². The molecule has 3 aliphatic heterocycles. The predicted octanol–water partition coefficient (Wildman–Crippen LogP) is 3.58. The van der Waals surface area contributed by atoms with Crippen LogP contribution in [0.5, 0.6) is 5.88 Å². The molecule has 3 aromatic rings. The highest BCUT2D eigenvalue weighted by molar-refractivity contribution is 7.48. The van der Waals surface area contributed by atoms with Crippen LogP contribution in [0.3, 0.4) is 0 Å². The van der Waals surface area contributed by atoms with E-state index in [1.54, 1.807) is 13.8 Å². The molecule has 0 spiro atoms. The van der Waals surface area contributed by atoms with E-state index in [0.29, 0.717) is 12.1 Å². The second kappa shape index (κ2) is 9.89. The lowest BCUT2D eigenvalue weighted by atomic mass is 9.96. The van der Waals surface area contributed by atoms with E-state index in [9.17, 15) is 18.1 Å². The number of halogens is 2. The minimum absolute atomic E-state index is 0.0778. The molecule has 6 atom stereocenters. The lowest BCUT2D eigenvalue weighted by Crippen LogP contribution is -2.42. The van der Waals surface area contributed by atoms with Crippen molar-refractivity contribution in [3.8, 4) is 5.88 Å². The van der Waals surface area contributed by atoms with Gasteiger partial charge in [0, 0.05) is 12.0 Å². The maximum absolute atomic E-state index is 14.3. The molecule has 3 aliphatic rings. The van der Waals surface area contributed by atoms with Gasteiger partial charge in [0.05, 0.1) is 32.3 Å². The first kappa shape index (κ1) is 26.8. The van der Waals surface area contributed by atoms with Gasteiger partial charge in [-0.25, -0.2) is 23.1 Å². The molecule has 14 nitrogen and oxygen atoms in total. The van der Waals surface area contributed by atoms with Gasteiger partial charge in [0.25, 0.3) is 0 Å². The van der Waals surface area contributed by atoms with E-state index < -0.39 is 62.4 Å². The van der Waals surface area contributed by atoms with Crippen LogP contribution >= 0.6 is 7.82 Å². The van der Waals surface area contributed by atoms with Crippen LogP contribution in [0.4, 0.5) is 19.5 Å². The van der Waals surface area contributed by atoms with E-state index in [2.05, 4.69) is 15.0 Å². The fourth-order valence-electron chi connectivity index (χ4n) is 4.99. The minimum Gasteiger partial charge on any atom is -0.476 e. The van der Waals surface area contributed by atoms with Crippen molar-refractivity contribution in [2.45, 2.75) is 50.4 Å². The number of anilines is 1. The van der Waals surface area contributed by atoms with Gasteiger partial charge in [-0.2, -0.15) is 9.97 Å². The third-order valence-corrected chi connectivity index (χ3v) is 8.23. The van der Waals surface area contributed by atoms with Gasteiger partial charge in [-0.05, 0) is 32.0 Å². The van der Waals surface area contributed by atoms with Crippen LogP contribution in [0.2, 0.25) is 0 Å². The van der Waals surface area contributed by atoms with Gasteiger partial charge in [-0.3, -0.25) is 18.1 Å². The number of phosphoric acid groups is 1. The van der Waals surface area contributed by atoms with Crippen molar-refractivity contribution in [2.24, 2.45) is 0 Å². The molecular formula is C23H24F2N5O9P. The molecule has 17 heteroatoms. The third kappa shape index (κ3) is 4.55. The Balaban J connectivity index is 1.24. The zero-order valence-electron chi connectivity index (χ0n) is 21.2. The summed E-state index contributed by atoms with van der Waals surface area (Å²) in [5.74, 6) is -1.32. The summed E-state index contributed by atoms with van der Waals surface area (Å²) in [6.07, 6.45) is -3.57. The quantitative estimate of drug-likeness (QED) is 0.317. The van der Waals surface area contributed by atoms with Crippen LogP contribution in [0.15, 0.2) is 24.5 Å². The smallest absolute Gasteiger partial charge is 0.476 e. The zero-order chi connectivity index (χ0) is 28.2. The molecule has 6 rings (SSSR count). The van der Waals surface area contributed by atoms with E-state index in [4.69, 9.17) is 38.3 Å². The average molecular weight is 583 g/mol. The Bertz CT molecular complexity index is 1530. The molecule has 0 aliphatic carbocycles. The second-order valence-electron chi connectivity index (χ2n) is 9.37. The maximum atomic E-state index is 14.3. The third-order valence-electron chi connectivity index (χ3n) is 6.75. The van der Waals surface area contributed by atoms with Crippen molar-refractivity contribution in [2.75, 3.05) is 25.6 Å². The summed E-state index contributed by atoms with van der Waals surface area (Å²) in [7, 11) is -4.26. The minimum atomic E-state index is -4.26. The predicted molar refractivity (Wildman–Crippen MR) is 129 cm³/mol. The number of benzene rings is 1. The average Bonchev–Trinajstić information content (AvgIpc) is 3.53. The molecule has 1 aromatic carbocycles. The fraction of sp³-hybridized carbons (Fsp3) is 0.478. The molecule has 40 heavy (non-hydrogen) atoms. The summed E-state index contributed by atoms with van der Waals surface area (Å²) < 4.78 is 81.6. The molecule has 5 heterocycles. The van der Waals surface area contributed by atoms with Gasteiger partial charge in [-0.1, -0.05) is 0 Å². The van der Waals surface area contributed by atoms with Gasteiger partial charge in [0.2, 0.25) is 11.8 Å². The molecular weight excluding hydrogens is 559 g/mol. The van der Waals surface area contributed by atoms with Crippen LogP contribution in [0.1, 0.15) is 38.2 Å². The second-order valence-corrected chi connectivity index (χ2v) is 11.0. The Morgan fingerprint density at radius 2 is 2.12 bits per heavy atom. The van der Waals surface area contributed by atoms with Crippen molar-refractivity contribution < 1.29 is 50.7 Å². The Labute approximate surface area is 225 Å². The molecule has 0 saturated carbocycles. The van der Waals surface area contributed by atoms with E-state index in [-0.39, 0.29) is 36.1 Å². The molecule has 2 N–H and O–H groups in total. The summed E-state index contributed by atoms with van der Waals surface area (Å²) in [6.45, 7) is 3.13. The van der Waals surface area contributed by atoms with Crippen molar-refractivity contribution in [3.63, 3.8) is 0 Å². The summed E-state index contributed by atoms with van der Waals surface area (Å²) in [5, 5.41) is 0. The topological polar surface area (TPSA) is 168 Å². The SMILES string of the molecule is CCOc1nc(N)nc2c1ncn2[C@@H]1O[C@H](CO[P@]2(=O)OCC[C@H](c3cc(F)ccc3F)O2)[C@H]2OC(=O)O[C@]21C. The van der Waals surface area contributed by atoms with Gasteiger partial charge in [0.1, 0.15) is 17.7 Å². The molecule has 3 fully saturated rings. The largest absolute Gasteiger partial charge is 0.509 e. The number of imidazole rings is 1. The van der Waals surface area contributed by atoms with Crippen molar-refractivity contribution in [1.29, 1.82) is 0 Å². The molecule has 0 bridgehead atoms. The van der Waals surface area contributed by atoms with Gasteiger partial charge < -0.3 is 24.7 Å². The number of hydrogen-bond donors (Lipinski definition) is 1. The summed E-state index contributed by atoms with van der Waals surface area (Å²) >= 11 is 0. The first-order valence-corrected chi connectivity index (χ1v) is 13.8. The Morgan fingerprint density at radius 3 is 2.92 bits per heavy atom. The zero-order valence-corrected chi connectivity index (χ0v) is 22.1. The van der Waals surface area contributed by atoms with E-state index >= 15 is 0 Å². The van der Waals surface area contributed by atoms with Gasteiger partial charge >= 0.3 is 14.0 Å². The number of nitrogens with two attached hydrogens (primary N) is 1. The fourth-order valence-corrected chi connectivity index (χ4v) is 6.38. The number of carbonyl (C=O) groups excluding carboxylic acids is 1. The standard InChI is InChI=1S/C23H24F2N5O9P/c1-3-33-19-16-18(28-21(26)29-19)30(10-27-16)20-23(2)17(37-22(31)38-23)15(36-20)9-35-40(32)34-7-6-14(39-40)12-8-11(24)4-5-13(12)25/h4-5,8,10,14-15,17,20H,3,6-7,9H2,1-2H3,(H2,26,28,29)/t14-,15-,17-,20-,23-,40+/m1/s1. The van der Waals surface area contributed by atoms with Crippen molar-refractivity contribution in [1.82, 2.24) is 19.5 Å². The maximum Gasteiger partial charge on any atom is 0.509 e. The number of fused-ring (bicyclic) bond motifs is 2. The van der Waals surface area contributed by atoms with Crippen LogP contribution in [-0.4, -0.2) is 63.3 Å². The number of ether oxygens (including phenoxy) is 4. The Kier molecular flexibility index (Phi) is 6.62. The number of nitrogens with zero attached hydrogens (tertiary/aromatic N) is 4. The lowest BCUT2D eigenvalue weighted by Gasteiger charge is -2.30. The lowest BCUT2D eigenvalue weighted by molar-refractivity contribution is -0.0926. The highest BCUT2D eigenvalue weighted by Crippen LogP contribution is 2.58. The molecule has 0 amide bonds. The Morgan fingerprint density at radius 1 is 1.30 bits per heavy atom. The number of nitrogen functional groups attached to an aromatic ring is 1. The van der Waals surface area contributed by atoms with Crippen LogP contribution in [0.25, 0.3) is 11.2 Å². The highest BCUT2D eigenvalue weighted by atomic mass is 31.2. The molecule has 214 valence electrons. The van der Waals surface area contributed by atoms with E-state index in [0.717, 1.165) is 18.2 Å². The van der Waals surface area contributed by atoms with Crippen LogP contribution < -0.4 is 10.5 Å². The summed E-state index contributed by atoms with van der Waals surface area (Å²) in [5.41, 5.74) is 4.91. The first-order chi connectivity index (χ1) is 19.1.